The van der Waals surface area contributed by atoms with Crippen molar-refractivity contribution in [2.75, 3.05) is 19.6 Å². The van der Waals surface area contributed by atoms with Crippen LogP contribution in [0.15, 0.2) is 24.3 Å². The van der Waals surface area contributed by atoms with Crippen LogP contribution in [0.4, 0.5) is 4.39 Å². The summed E-state index contributed by atoms with van der Waals surface area (Å²) in [5.41, 5.74) is 0.812. The van der Waals surface area contributed by atoms with Crippen molar-refractivity contribution in [1.29, 1.82) is 0 Å². The van der Waals surface area contributed by atoms with Crippen molar-refractivity contribution in [2.24, 2.45) is 0 Å². The lowest BCUT2D eigenvalue weighted by atomic mass is 10.1. The van der Waals surface area contributed by atoms with Gasteiger partial charge in [-0.15, -0.1) is 0 Å². The molecule has 2 unspecified atom stereocenters. The number of hydrogen-bond acceptors (Lipinski definition) is 2. The largest absolute Gasteiger partial charge is 0.313 e. The molecule has 3 heteroatoms. The molecule has 0 spiro atoms. The smallest absolute Gasteiger partial charge is 0.127 e. The maximum atomic E-state index is 13.8. The molecule has 1 saturated heterocycles. The Morgan fingerprint density at radius 2 is 2.17 bits per heavy atom. The average Bonchev–Trinajstić information content (AvgIpc) is 2.63. The van der Waals surface area contributed by atoms with Gasteiger partial charge < -0.3 is 5.32 Å². The molecule has 0 aliphatic carbocycles. The van der Waals surface area contributed by atoms with Crippen molar-refractivity contribution in [3.05, 3.63) is 35.6 Å². The lowest BCUT2D eigenvalue weighted by Gasteiger charge is -2.28. The summed E-state index contributed by atoms with van der Waals surface area (Å²) in [6.07, 6.45) is 2.32. The van der Waals surface area contributed by atoms with Crippen molar-refractivity contribution >= 4 is 0 Å². The third-order valence-corrected chi connectivity index (χ3v) is 3.99. The van der Waals surface area contributed by atoms with Crippen molar-refractivity contribution in [1.82, 2.24) is 10.2 Å². The molecule has 2 rings (SSSR count). The molecule has 0 amide bonds. The van der Waals surface area contributed by atoms with E-state index in [2.05, 4.69) is 24.1 Å². The fraction of sp³-hybridized carbons (Fsp3) is 0.600. The Labute approximate surface area is 109 Å². The molecule has 0 saturated carbocycles. The van der Waals surface area contributed by atoms with Crippen LogP contribution in [-0.2, 0) is 0 Å². The predicted octanol–water partition coefficient (Wildman–Crippen LogP) is 2.96. The number of rotatable bonds is 3. The lowest BCUT2D eigenvalue weighted by molar-refractivity contribution is 0.219. The number of hydrogen-bond donors (Lipinski definition) is 1. The molecule has 2 nitrogen and oxygen atoms in total. The molecule has 0 bridgehead atoms. The standard InChI is InChI=1S/C15H23FN2/c1-3-13-8-10-18(11-9-17-13)12(2)14-6-4-5-7-15(14)16/h4-7,12-13,17H,3,8-11H2,1-2H3. The first-order valence-corrected chi connectivity index (χ1v) is 6.94. The van der Waals surface area contributed by atoms with Crippen LogP contribution in [0.25, 0.3) is 0 Å². The maximum Gasteiger partial charge on any atom is 0.127 e. The van der Waals surface area contributed by atoms with Crippen LogP contribution in [0.5, 0.6) is 0 Å². The summed E-state index contributed by atoms with van der Waals surface area (Å²) in [4.78, 5) is 2.38. The molecule has 1 aliphatic rings. The van der Waals surface area contributed by atoms with Gasteiger partial charge in [0, 0.05) is 37.3 Å². The summed E-state index contributed by atoms with van der Waals surface area (Å²) >= 11 is 0. The van der Waals surface area contributed by atoms with E-state index >= 15 is 0 Å². The average molecular weight is 250 g/mol. The number of nitrogens with zero attached hydrogens (tertiary/aromatic N) is 1. The second kappa shape index (κ2) is 6.30. The van der Waals surface area contributed by atoms with E-state index in [1.807, 2.05) is 12.1 Å². The molecule has 0 radical (unpaired) electrons. The highest BCUT2D eigenvalue weighted by molar-refractivity contribution is 5.20. The van der Waals surface area contributed by atoms with Gasteiger partial charge in [-0.1, -0.05) is 25.1 Å². The first-order chi connectivity index (χ1) is 8.72. The van der Waals surface area contributed by atoms with Gasteiger partial charge in [0.2, 0.25) is 0 Å². The third kappa shape index (κ3) is 3.09. The van der Waals surface area contributed by atoms with Crippen LogP contribution in [0.1, 0.15) is 38.3 Å². The van der Waals surface area contributed by atoms with Gasteiger partial charge in [-0.25, -0.2) is 4.39 Å². The molecule has 1 aliphatic heterocycles. The summed E-state index contributed by atoms with van der Waals surface area (Å²) < 4.78 is 13.8. The third-order valence-electron chi connectivity index (χ3n) is 3.99. The Kier molecular flexibility index (Phi) is 4.72. The normalized spacial score (nSPS) is 23.6. The van der Waals surface area contributed by atoms with Crippen LogP contribution in [0.2, 0.25) is 0 Å². The fourth-order valence-corrected chi connectivity index (χ4v) is 2.69. The van der Waals surface area contributed by atoms with E-state index in [-0.39, 0.29) is 11.9 Å². The quantitative estimate of drug-likeness (QED) is 0.887. The van der Waals surface area contributed by atoms with Crippen molar-refractivity contribution in [2.45, 2.75) is 38.8 Å². The molecular formula is C15H23FN2. The molecule has 18 heavy (non-hydrogen) atoms. The zero-order valence-corrected chi connectivity index (χ0v) is 11.3. The Hall–Kier alpha value is -0.930. The van der Waals surface area contributed by atoms with Crippen molar-refractivity contribution < 1.29 is 4.39 Å². The van der Waals surface area contributed by atoms with E-state index < -0.39 is 0 Å². The minimum atomic E-state index is -0.0887. The highest BCUT2D eigenvalue weighted by Crippen LogP contribution is 2.23. The minimum absolute atomic E-state index is 0.0887. The second-order valence-electron chi connectivity index (χ2n) is 5.08. The number of benzene rings is 1. The molecule has 1 aromatic rings. The molecule has 1 heterocycles. The monoisotopic (exact) mass is 250 g/mol. The van der Waals surface area contributed by atoms with E-state index in [4.69, 9.17) is 0 Å². The van der Waals surface area contributed by atoms with Gasteiger partial charge in [-0.2, -0.15) is 0 Å². The zero-order valence-electron chi connectivity index (χ0n) is 11.3. The molecule has 1 N–H and O–H groups in total. The topological polar surface area (TPSA) is 15.3 Å². The van der Waals surface area contributed by atoms with Crippen molar-refractivity contribution in [3.8, 4) is 0 Å². The summed E-state index contributed by atoms with van der Waals surface area (Å²) in [5.74, 6) is -0.0887. The van der Waals surface area contributed by atoms with Crippen LogP contribution >= 0.6 is 0 Å². The Balaban J connectivity index is 2.05. The van der Waals surface area contributed by atoms with Gasteiger partial charge >= 0.3 is 0 Å². The van der Waals surface area contributed by atoms with Crippen LogP contribution in [-0.4, -0.2) is 30.6 Å². The van der Waals surface area contributed by atoms with Gasteiger partial charge in [-0.05, 0) is 25.8 Å². The van der Waals surface area contributed by atoms with Gasteiger partial charge in [0.15, 0.2) is 0 Å². The lowest BCUT2D eigenvalue weighted by Crippen LogP contribution is -2.31. The molecule has 1 aromatic carbocycles. The zero-order chi connectivity index (χ0) is 13.0. The van der Waals surface area contributed by atoms with Gasteiger partial charge in [0.25, 0.3) is 0 Å². The van der Waals surface area contributed by atoms with Crippen LogP contribution in [0, 0.1) is 5.82 Å². The van der Waals surface area contributed by atoms with Crippen LogP contribution < -0.4 is 5.32 Å². The summed E-state index contributed by atoms with van der Waals surface area (Å²) in [6, 6.07) is 7.89. The number of halogens is 1. The van der Waals surface area contributed by atoms with E-state index in [9.17, 15) is 4.39 Å². The molecule has 1 fully saturated rings. The van der Waals surface area contributed by atoms with Gasteiger partial charge in [-0.3, -0.25) is 4.90 Å². The Morgan fingerprint density at radius 1 is 1.39 bits per heavy atom. The predicted molar refractivity (Wildman–Crippen MR) is 73.1 cm³/mol. The molecular weight excluding hydrogens is 227 g/mol. The maximum absolute atomic E-state index is 13.8. The summed E-state index contributed by atoms with van der Waals surface area (Å²) in [6.45, 7) is 7.35. The van der Waals surface area contributed by atoms with Crippen molar-refractivity contribution in [3.63, 3.8) is 0 Å². The SMILES string of the molecule is CCC1CCN(C(C)c2ccccc2F)CCN1. The van der Waals surface area contributed by atoms with E-state index in [0.717, 1.165) is 31.6 Å². The Bertz CT molecular complexity index is 381. The fourth-order valence-electron chi connectivity index (χ4n) is 2.69. The first-order valence-electron chi connectivity index (χ1n) is 6.94. The molecule has 0 aromatic heterocycles. The molecule has 2 atom stereocenters. The highest BCUT2D eigenvalue weighted by Gasteiger charge is 2.21. The van der Waals surface area contributed by atoms with E-state index in [1.165, 1.54) is 6.42 Å². The summed E-state index contributed by atoms with van der Waals surface area (Å²) in [5, 5.41) is 3.55. The molecule has 100 valence electrons. The van der Waals surface area contributed by atoms with Crippen LogP contribution in [0.3, 0.4) is 0 Å². The highest BCUT2D eigenvalue weighted by atomic mass is 19.1. The van der Waals surface area contributed by atoms with Gasteiger partial charge in [0.05, 0.1) is 0 Å². The first kappa shape index (κ1) is 13.5. The van der Waals surface area contributed by atoms with E-state index in [0.29, 0.717) is 6.04 Å². The number of nitrogens with one attached hydrogen (secondary N) is 1. The minimum Gasteiger partial charge on any atom is -0.313 e. The van der Waals surface area contributed by atoms with E-state index in [1.54, 1.807) is 12.1 Å². The second-order valence-corrected chi connectivity index (χ2v) is 5.08. The summed E-state index contributed by atoms with van der Waals surface area (Å²) in [7, 11) is 0. The Morgan fingerprint density at radius 3 is 2.89 bits per heavy atom. The van der Waals surface area contributed by atoms with Gasteiger partial charge in [0.1, 0.15) is 5.82 Å².